The number of rotatable bonds is 5. The molecule has 126 valence electrons. The molecule has 5 nitrogen and oxygen atoms in total. The van der Waals surface area contributed by atoms with Crippen LogP contribution in [0.5, 0.6) is 0 Å². The first kappa shape index (κ1) is 16.9. The van der Waals surface area contributed by atoms with Crippen LogP contribution in [0.3, 0.4) is 0 Å². The Morgan fingerprint density at radius 3 is 2.25 bits per heavy atom. The maximum Gasteiger partial charge on any atom is 0.323 e. The molecule has 0 aromatic heterocycles. The van der Waals surface area contributed by atoms with Gasteiger partial charge in [0, 0.05) is 11.6 Å². The summed E-state index contributed by atoms with van der Waals surface area (Å²) in [6.07, 6.45) is -1.57. The van der Waals surface area contributed by atoms with Gasteiger partial charge in [0.25, 0.3) is 0 Å². The Bertz CT molecular complexity index is 702. The average Bonchev–Trinajstić information content (AvgIpc) is 2.95. The van der Waals surface area contributed by atoms with Crippen molar-refractivity contribution in [1.29, 1.82) is 0 Å². The van der Waals surface area contributed by atoms with Crippen molar-refractivity contribution in [3.8, 4) is 11.1 Å². The van der Waals surface area contributed by atoms with Gasteiger partial charge in [-0.1, -0.05) is 48.0 Å². The van der Waals surface area contributed by atoms with E-state index < -0.39 is 24.2 Å². The Labute approximate surface area is 144 Å². The van der Waals surface area contributed by atoms with E-state index in [1.807, 2.05) is 48.5 Å². The van der Waals surface area contributed by atoms with Crippen molar-refractivity contribution in [2.24, 2.45) is 0 Å². The van der Waals surface area contributed by atoms with Crippen LogP contribution in [0, 0.1) is 0 Å². The minimum atomic E-state index is -1.07. The van der Waals surface area contributed by atoms with E-state index >= 15 is 0 Å². The number of carboxylic acid groups (broad SMARTS) is 1. The number of hydrogen-bond donors (Lipinski definition) is 3. The molecule has 2 aromatic carbocycles. The lowest BCUT2D eigenvalue weighted by molar-refractivity contribution is -0.142. The summed E-state index contributed by atoms with van der Waals surface area (Å²) in [5.74, 6) is -1.07. The molecule has 0 saturated carbocycles. The number of hydrogen-bond acceptors (Lipinski definition) is 4. The third-order valence-corrected chi connectivity index (χ3v) is 4.37. The molecule has 0 aliphatic carbocycles. The fraction of sp³-hybridized carbons (Fsp3) is 0.278. The second-order valence-corrected chi connectivity index (χ2v) is 6.20. The highest BCUT2D eigenvalue weighted by molar-refractivity contribution is 6.30. The van der Waals surface area contributed by atoms with Gasteiger partial charge in [0.05, 0.1) is 12.7 Å². The molecular formula is C18H18ClNO4. The van der Waals surface area contributed by atoms with Crippen LogP contribution >= 0.6 is 11.6 Å². The van der Waals surface area contributed by atoms with Gasteiger partial charge in [-0.2, -0.15) is 0 Å². The number of aliphatic hydroxyl groups excluding tert-OH is 1. The number of nitrogens with one attached hydrogen (secondary N) is 1. The predicted molar refractivity (Wildman–Crippen MR) is 90.9 cm³/mol. The fourth-order valence-corrected chi connectivity index (χ4v) is 2.86. The number of benzene rings is 2. The van der Waals surface area contributed by atoms with Gasteiger partial charge in [0.15, 0.2) is 0 Å². The number of aliphatic hydroxyl groups is 1. The van der Waals surface area contributed by atoms with E-state index in [1.165, 1.54) is 0 Å². The number of carboxylic acids is 1. The number of carbonyl (C=O) groups is 1. The zero-order valence-electron chi connectivity index (χ0n) is 12.9. The number of aliphatic carboxylic acids is 1. The molecule has 3 N–H and O–H groups in total. The van der Waals surface area contributed by atoms with Crippen LogP contribution in [0.15, 0.2) is 48.5 Å². The highest BCUT2D eigenvalue weighted by Crippen LogP contribution is 2.22. The standard InChI is InChI=1S/C18H18ClNO4/c19-14-7-5-13(6-8-14)12-3-1-11(2-4-12)10-24-15-9-20-16(17(15)21)18(22)23/h1-8,15-17,20-21H,9-10H2,(H,22,23)/t15-,16+,17+/m0/s1. The SMILES string of the molecule is O=C(O)[C@@H]1NC[C@H](OCc2ccc(-c3ccc(Cl)cc3)cc2)[C@H]1O. The zero-order valence-corrected chi connectivity index (χ0v) is 13.6. The third kappa shape index (κ3) is 3.76. The molecule has 3 rings (SSSR count). The lowest BCUT2D eigenvalue weighted by Gasteiger charge is -2.16. The van der Waals surface area contributed by atoms with Crippen molar-refractivity contribution < 1.29 is 19.7 Å². The molecule has 1 aliphatic heterocycles. The van der Waals surface area contributed by atoms with Crippen LogP contribution in [0.2, 0.25) is 5.02 Å². The minimum absolute atomic E-state index is 0.316. The molecular weight excluding hydrogens is 330 g/mol. The van der Waals surface area contributed by atoms with Gasteiger partial charge in [-0.05, 0) is 28.8 Å². The molecule has 0 unspecified atom stereocenters. The Kier molecular flexibility index (Phi) is 5.16. The predicted octanol–water partition coefficient (Wildman–Crippen LogP) is 2.31. The smallest absolute Gasteiger partial charge is 0.323 e. The Hall–Kier alpha value is -1.92. The van der Waals surface area contributed by atoms with Crippen LogP contribution in [-0.4, -0.2) is 41.0 Å². The summed E-state index contributed by atoms with van der Waals surface area (Å²) in [7, 11) is 0. The molecule has 0 amide bonds. The molecule has 0 radical (unpaired) electrons. The lowest BCUT2D eigenvalue weighted by atomic mass is 10.0. The van der Waals surface area contributed by atoms with Crippen LogP contribution < -0.4 is 5.32 Å². The Balaban J connectivity index is 1.59. The summed E-state index contributed by atoms with van der Waals surface area (Å²) in [5, 5.41) is 22.3. The van der Waals surface area contributed by atoms with Gasteiger partial charge in [0.2, 0.25) is 0 Å². The summed E-state index contributed by atoms with van der Waals surface area (Å²) in [6.45, 7) is 0.637. The van der Waals surface area contributed by atoms with E-state index in [2.05, 4.69) is 5.32 Å². The van der Waals surface area contributed by atoms with Gasteiger partial charge in [-0.15, -0.1) is 0 Å². The molecule has 3 atom stereocenters. The number of ether oxygens (including phenoxy) is 1. The van der Waals surface area contributed by atoms with E-state index in [4.69, 9.17) is 21.4 Å². The summed E-state index contributed by atoms with van der Waals surface area (Å²) >= 11 is 5.89. The monoisotopic (exact) mass is 347 g/mol. The second kappa shape index (κ2) is 7.32. The molecule has 1 fully saturated rings. The number of halogens is 1. The van der Waals surface area contributed by atoms with E-state index in [-0.39, 0.29) is 0 Å². The first-order chi connectivity index (χ1) is 11.5. The van der Waals surface area contributed by atoms with E-state index in [0.717, 1.165) is 16.7 Å². The first-order valence-corrected chi connectivity index (χ1v) is 8.03. The van der Waals surface area contributed by atoms with Gasteiger partial charge in [-0.3, -0.25) is 10.1 Å². The Morgan fingerprint density at radius 2 is 1.71 bits per heavy atom. The average molecular weight is 348 g/mol. The van der Waals surface area contributed by atoms with Crippen molar-refractivity contribution >= 4 is 17.6 Å². The van der Waals surface area contributed by atoms with Gasteiger partial charge < -0.3 is 14.9 Å². The Morgan fingerprint density at radius 1 is 1.12 bits per heavy atom. The van der Waals surface area contributed by atoms with Crippen molar-refractivity contribution in [3.63, 3.8) is 0 Å². The van der Waals surface area contributed by atoms with Crippen molar-refractivity contribution in [2.45, 2.75) is 24.9 Å². The van der Waals surface area contributed by atoms with E-state index in [9.17, 15) is 9.90 Å². The van der Waals surface area contributed by atoms with Crippen LogP contribution in [0.4, 0.5) is 0 Å². The van der Waals surface area contributed by atoms with Crippen molar-refractivity contribution in [1.82, 2.24) is 5.32 Å². The van der Waals surface area contributed by atoms with Crippen LogP contribution in [0.25, 0.3) is 11.1 Å². The molecule has 6 heteroatoms. The van der Waals surface area contributed by atoms with Gasteiger partial charge >= 0.3 is 5.97 Å². The maximum atomic E-state index is 10.9. The molecule has 1 aliphatic rings. The van der Waals surface area contributed by atoms with E-state index in [1.54, 1.807) is 0 Å². The molecule has 1 saturated heterocycles. The quantitative estimate of drug-likeness (QED) is 0.773. The summed E-state index contributed by atoms with van der Waals surface area (Å²) < 4.78 is 5.65. The topological polar surface area (TPSA) is 78.8 Å². The normalized spacial score (nSPS) is 23.3. The largest absolute Gasteiger partial charge is 0.480 e. The highest BCUT2D eigenvalue weighted by Gasteiger charge is 2.39. The third-order valence-electron chi connectivity index (χ3n) is 4.12. The van der Waals surface area contributed by atoms with Gasteiger partial charge in [-0.25, -0.2) is 0 Å². The van der Waals surface area contributed by atoms with Crippen molar-refractivity contribution in [3.05, 3.63) is 59.1 Å². The summed E-state index contributed by atoms with van der Waals surface area (Å²) in [4.78, 5) is 10.9. The van der Waals surface area contributed by atoms with Gasteiger partial charge in [0.1, 0.15) is 12.1 Å². The highest BCUT2D eigenvalue weighted by atomic mass is 35.5. The maximum absolute atomic E-state index is 10.9. The summed E-state index contributed by atoms with van der Waals surface area (Å²) in [6, 6.07) is 14.5. The lowest BCUT2D eigenvalue weighted by Crippen LogP contribution is -2.40. The molecule has 24 heavy (non-hydrogen) atoms. The minimum Gasteiger partial charge on any atom is -0.480 e. The fourth-order valence-electron chi connectivity index (χ4n) is 2.73. The van der Waals surface area contributed by atoms with Crippen LogP contribution in [-0.2, 0) is 16.1 Å². The molecule has 0 spiro atoms. The van der Waals surface area contributed by atoms with E-state index in [0.29, 0.717) is 18.2 Å². The second-order valence-electron chi connectivity index (χ2n) is 5.77. The first-order valence-electron chi connectivity index (χ1n) is 7.65. The molecule has 2 aromatic rings. The zero-order chi connectivity index (χ0) is 17.1. The molecule has 0 bridgehead atoms. The van der Waals surface area contributed by atoms with Crippen molar-refractivity contribution in [2.75, 3.05) is 6.54 Å². The summed E-state index contributed by atoms with van der Waals surface area (Å²) in [5.41, 5.74) is 3.11. The molecule has 1 heterocycles. The van der Waals surface area contributed by atoms with Crippen LogP contribution in [0.1, 0.15) is 5.56 Å².